The SMILES string of the molecule is C[C@H](CO)Oc1cc(NSc2nccs2)nc(SCc2cccc(F)c2F)n1. The van der Waals surface area contributed by atoms with Crippen LogP contribution in [0.3, 0.4) is 0 Å². The molecule has 0 aliphatic rings. The summed E-state index contributed by atoms with van der Waals surface area (Å²) in [7, 11) is 0. The molecular weight excluding hydrogens is 426 g/mol. The number of aliphatic hydroxyl groups excluding tert-OH is 1. The standard InChI is InChI=1S/C17H16F2N4O2S3/c1-10(8-24)25-14-7-13(23-28-17-20-5-6-26-17)21-16(22-14)27-9-11-3-2-4-12(18)15(11)19/h2-7,10,24H,8-9H2,1H3,(H,21,22,23)/t10-/m1/s1. The third kappa shape index (κ3) is 5.77. The van der Waals surface area contributed by atoms with Crippen LogP contribution in [0.25, 0.3) is 0 Å². The molecule has 0 saturated carbocycles. The van der Waals surface area contributed by atoms with Gasteiger partial charge >= 0.3 is 0 Å². The van der Waals surface area contributed by atoms with Crippen molar-refractivity contribution in [3.05, 3.63) is 53.0 Å². The van der Waals surface area contributed by atoms with E-state index in [1.165, 1.54) is 35.4 Å². The number of rotatable bonds is 9. The van der Waals surface area contributed by atoms with Crippen molar-refractivity contribution in [3.8, 4) is 5.88 Å². The molecule has 2 N–H and O–H groups in total. The largest absolute Gasteiger partial charge is 0.472 e. The van der Waals surface area contributed by atoms with Crippen molar-refractivity contribution in [2.75, 3.05) is 11.3 Å². The first kappa shape index (κ1) is 20.8. The van der Waals surface area contributed by atoms with E-state index in [4.69, 9.17) is 4.74 Å². The van der Waals surface area contributed by atoms with Gasteiger partial charge < -0.3 is 14.6 Å². The molecule has 3 aromatic rings. The number of hydrogen-bond donors (Lipinski definition) is 2. The highest BCUT2D eigenvalue weighted by atomic mass is 32.2. The Morgan fingerprint density at radius 1 is 1.32 bits per heavy atom. The summed E-state index contributed by atoms with van der Waals surface area (Å²) in [5.41, 5.74) is 0.218. The lowest BCUT2D eigenvalue weighted by Gasteiger charge is -2.13. The minimum Gasteiger partial charge on any atom is -0.472 e. The molecule has 0 radical (unpaired) electrons. The van der Waals surface area contributed by atoms with Crippen molar-refractivity contribution in [2.24, 2.45) is 0 Å². The van der Waals surface area contributed by atoms with Crippen LogP contribution < -0.4 is 9.46 Å². The normalized spacial score (nSPS) is 12.0. The van der Waals surface area contributed by atoms with Crippen LogP contribution in [0, 0.1) is 11.6 Å². The molecule has 28 heavy (non-hydrogen) atoms. The number of halogens is 2. The quantitative estimate of drug-likeness (QED) is 0.287. The van der Waals surface area contributed by atoms with E-state index in [0.29, 0.717) is 11.0 Å². The smallest absolute Gasteiger partial charge is 0.219 e. The first-order chi connectivity index (χ1) is 13.5. The zero-order valence-electron chi connectivity index (χ0n) is 14.6. The third-order valence-electron chi connectivity index (χ3n) is 3.30. The number of nitrogens with zero attached hydrogens (tertiary/aromatic N) is 3. The van der Waals surface area contributed by atoms with Crippen molar-refractivity contribution in [1.82, 2.24) is 15.0 Å². The van der Waals surface area contributed by atoms with Gasteiger partial charge in [-0.1, -0.05) is 23.9 Å². The number of anilines is 1. The molecule has 0 aliphatic carbocycles. The molecule has 0 aliphatic heterocycles. The van der Waals surface area contributed by atoms with Crippen molar-refractivity contribution in [2.45, 2.75) is 28.3 Å². The Bertz CT molecular complexity index is 915. The van der Waals surface area contributed by atoms with Gasteiger partial charge in [-0.3, -0.25) is 0 Å². The van der Waals surface area contributed by atoms with Gasteiger partial charge in [0.1, 0.15) is 11.9 Å². The number of aromatic nitrogens is 3. The van der Waals surface area contributed by atoms with Crippen molar-refractivity contribution in [3.63, 3.8) is 0 Å². The first-order valence-electron chi connectivity index (χ1n) is 8.09. The van der Waals surface area contributed by atoms with E-state index >= 15 is 0 Å². The van der Waals surface area contributed by atoms with E-state index < -0.39 is 17.7 Å². The van der Waals surface area contributed by atoms with E-state index in [0.717, 1.165) is 22.2 Å². The maximum atomic E-state index is 13.9. The second-order valence-electron chi connectivity index (χ2n) is 5.49. The molecule has 11 heteroatoms. The molecule has 0 saturated heterocycles. The van der Waals surface area contributed by atoms with Crippen molar-refractivity contribution in [1.29, 1.82) is 0 Å². The van der Waals surface area contributed by atoms with Crippen molar-refractivity contribution >= 4 is 40.9 Å². The minimum atomic E-state index is -0.893. The summed E-state index contributed by atoms with van der Waals surface area (Å²) in [5, 5.41) is 11.4. The van der Waals surface area contributed by atoms with Gasteiger partial charge in [0, 0.05) is 40.9 Å². The molecule has 0 amide bonds. The van der Waals surface area contributed by atoms with Crippen LogP contribution in [-0.4, -0.2) is 32.8 Å². The van der Waals surface area contributed by atoms with Gasteiger partial charge in [0.25, 0.3) is 0 Å². The maximum absolute atomic E-state index is 13.9. The lowest BCUT2D eigenvalue weighted by atomic mass is 10.2. The summed E-state index contributed by atoms with van der Waals surface area (Å²) >= 11 is 3.91. The number of ether oxygens (including phenoxy) is 1. The minimum absolute atomic E-state index is 0.154. The molecule has 148 valence electrons. The van der Waals surface area contributed by atoms with Crippen molar-refractivity contribution < 1.29 is 18.6 Å². The van der Waals surface area contributed by atoms with Gasteiger partial charge in [-0.15, -0.1) is 11.3 Å². The monoisotopic (exact) mass is 442 g/mol. The molecule has 3 rings (SSSR count). The average molecular weight is 443 g/mol. The Labute approximate surface area is 172 Å². The van der Waals surface area contributed by atoms with Crippen LogP contribution in [0.4, 0.5) is 14.6 Å². The summed E-state index contributed by atoms with van der Waals surface area (Å²) in [6, 6.07) is 5.63. The molecule has 6 nitrogen and oxygen atoms in total. The van der Waals surface area contributed by atoms with Gasteiger partial charge in [0.15, 0.2) is 21.1 Å². The molecular formula is C17H16F2N4O2S3. The number of nitrogens with one attached hydrogen (secondary N) is 1. The fraction of sp³-hybridized carbons (Fsp3) is 0.235. The van der Waals surface area contributed by atoms with E-state index in [1.54, 1.807) is 19.2 Å². The molecule has 1 aromatic carbocycles. The van der Waals surface area contributed by atoms with Crippen LogP contribution in [0.5, 0.6) is 5.88 Å². The Kier molecular flexibility index (Phi) is 7.43. The van der Waals surface area contributed by atoms with Crippen LogP contribution >= 0.6 is 35.0 Å². The van der Waals surface area contributed by atoms with Crippen LogP contribution in [-0.2, 0) is 5.75 Å². The van der Waals surface area contributed by atoms with Gasteiger partial charge in [-0.05, 0) is 13.0 Å². The third-order valence-corrected chi connectivity index (χ3v) is 5.89. The lowest BCUT2D eigenvalue weighted by Crippen LogP contribution is -2.17. The number of thiazole rings is 1. The fourth-order valence-electron chi connectivity index (χ4n) is 1.98. The number of thioether (sulfide) groups is 1. The zero-order valence-corrected chi connectivity index (χ0v) is 17.1. The average Bonchev–Trinajstić information content (AvgIpc) is 3.21. The molecule has 2 heterocycles. The predicted molar refractivity (Wildman–Crippen MR) is 107 cm³/mol. The zero-order chi connectivity index (χ0) is 19.9. The summed E-state index contributed by atoms with van der Waals surface area (Å²) in [6.45, 7) is 1.53. The summed E-state index contributed by atoms with van der Waals surface area (Å²) in [6.07, 6.45) is 1.24. The maximum Gasteiger partial charge on any atom is 0.219 e. The summed E-state index contributed by atoms with van der Waals surface area (Å²) in [4.78, 5) is 12.8. The Balaban J connectivity index is 1.76. The highest BCUT2D eigenvalue weighted by Crippen LogP contribution is 2.28. The molecule has 0 fully saturated rings. The Hall–Kier alpha value is -1.95. The molecule has 0 unspecified atom stereocenters. The number of benzene rings is 1. The summed E-state index contributed by atoms with van der Waals surface area (Å²) < 4.78 is 36.7. The number of aliphatic hydroxyl groups is 1. The topological polar surface area (TPSA) is 80.2 Å². The molecule has 0 bridgehead atoms. The highest BCUT2D eigenvalue weighted by molar-refractivity contribution is 8.02. The van der Waals surface area contributed by atoms with Gasteiger partial charge in [0.05, 0.1) is 6.61 Å². The molecule has 0 spiro atoms. The van der Waals surface area contributed by atoms with Crippen LogP contribution in [0.2, 0.25) is 0 Å². The predicted octanol–water partition coefficient (Wildman–Crippen LogP) is 4.38. The Morgan fingerprint density at radius 3 is 2.93 bits per heavy atom. The second kappa shape index (κ2) is 10.0. The van der Waals surface area contributed by atoms with Crippen LogP contribution in [0.1, 0.15) is 12.5 Å². The van der Waals surface area contributed by atoms with Gasteiger partial charge in [-0.2, -0.15) is 4.98 Å². The molecule has 1 atom stereocenters. The van der Waals surface area contributed by atoms with Gasteiger partial charge in [-0.25, -0.2) is 18.7 Å². The summed E-state index contributed by atoms with van der Waals surface area (Å²) in [5.74, 6) is -0.885. The van der Waals surface area contributed by atoms with Crippen LogP contribution in [0.15, 0.2) is 45.3 Å². The van der Waals surface area contributed by atoms with E-state index in [2.05, 4.69) is 19.7 Å². The highest BCUT2D eigenvalue weighted by Gasteiger charge is 2.13. The Morgan fingerprint density at radius 2 is 2.18 bits per heavy atom. The molecule has 2 aromatic heterocycles. The van der Waals surface area contributed by atoms with E-state index in [1.807, 2.05) is 5.38 Å². The number of hydrogen-bond acceptors (Lipinski definition) is 9. The van der Waals surface area contributed by atoms with Gasteiger partial charge in [0.2, 0.25) is 5.88 Å². The van der Waals surface area contributed by atoms with E-state index in [-0.39, 0.29) is 23.8 Å². The van der Waals surface area contributed by atoms with E-state index in [9.17, 15) is 13.9 Å². The fourth-order valence-corrected chi connectivity index (χ4v) is 4.06. The second-order valence-corrected chi connectivity index (χ2v) is 8.38. The first-order valence-corrected chi connectivity index (χ1v) is 10.8. The lowest BCUT2D eigenvalue weighted by molar-refractivity contribution is 0.124.